The van der Waals surface area contributed by atoms with Crippen molar-refractivity contribution in [1.82, 2.24) is 5.32 Å². The van der Waals surface area contributed by atoms with Crippen LogP contribution in [0, 0.1) is 0 Å². The Bertz CT molecular complexity index is 336. The molecule has 0 saturated carbocycles. The lowest BCUT2D eigenvalue weighted by Gasteiger charge is -2.23. The van der Waals surface area contributed by atoms with Crippen LogP contribution in [0.2, 0.25) is 0 Å². The molecule has 1 heterocycles. The molecule has 102 valence electrons. The van der Waals surface area contributed by atoms with Gasteiger partial charge in [-0.1, -0.05) is 13.8 Å². The molecule has 0 unspecified atom stereocenters. The van der Waals surface area contributed by atoms with E-state index in [0.29, 0.717) is 18.7 Å². The third-order valence-electron chi connectivity index (χ3n) is 3.69. The third-order valence-corrected chi connectivity index (χ3v) is 3.69. The Morgan fingerprint density at radius 1 is 1.44 bits per heavy atom. The molecule has 4 heteroatoms. The predicted molar refractivity (Wildman–Crippen MR) is 69.3 cm³/mol. The van der Waals surface area contributed by atoms with Gasteiger partial charge >= 0.3 is 5.97 Å². The van der Waals surface area contributed by atoms with E-state index >= 15 is 0 Å². The second kappa shape index (κ2) is 5.85. The number of hydrogen-bond donors (Lipinski definition) is 1. The molecule has 4 nitrogen and oxygen atoms in total. The Morgan fingerprint density at radius 2 is 2.17 bits per heavy atom. The van der Waals surface area contributed by atoms with Crippen LogP contribution >= 0.6 is 0 Å². The number of carbonyl (C=O) groups excluding carboxylic acids is 1. The molecule has 1 aliphatic carbocycles. The summed E-state index contributed by atoms with van der Waals surface area (Å²) in [5.41, 5.74) is 0.763. The van der Waals surface area contributed by atoms with Crippen molar-refractivity contribution in [3.63, 3.8) is 0 Å². The molecule has 0 aromatic carbocycles. The highest BCUT2D eigenvalue weighted by Crippen LogP contribution is 2.32. The lowest BCUT2D eigenvalue weighted by molar-refractivity contribution is -0.138. The summed E-state index contributed by atoms with van der Waals surface area (Å²) in [5.74, 6) is -0.192. The van der Waals surface area contributed by atoms with Crippen molar-refractivity contribution in [2.45, 2.75) is 64.3 Å². The highest BCUT2D eigenvalue weighted by atomic mass is 16.5. The smallest absolute Gasteiger partial charge is 0.333 e. The molecule has 1 aliphatic heterocycles. The van der Waals surface area contributed by atoms with Crippen LogP contribution in [-0.2, 0) is 14.3 Å². The van der Waals surface area contributed by atoms with Crippen LogP contribution in [0.1, 0.15) is 40.0 Å². The molecule has 18 heavy (non-hydrogen) atoms. The first-order chi connectivity index (χ1) is 8.69. The van der Waals surface area contributed by atoms with Gasteiger partial charge in [0.15, 0.2) is 0 Å². The van der Waals surface area contributed by atoms with Gasteiger partial charge in [-0.3, -0.25) is 0 Å². The van der Waals surface area contributed by atoms with E-state index in [9.17, 15) is 4.79 Å². The SMILES string of the molecule is CCOC(=O)C1=C[C@H](OC(CC)CC)[C@H]2N[C@H]2C1. The number of esters is 1. The normalized spacial score (nSPS) is 29.8. The van der Waals surface area contributed by atoms with E-state index in [2.05, 4.69) is 19.2 Å². The van der Waals surface area contributed by atoms with Gasteiger partial charge in [-0.15, -0.1) is 0 Å². The first kappa shape index (κ1) is 13.6. The van der Waals surface area contributed by atoms with Crippen LogP contribution in [-0.4, -0.2) is 36.9 Å². The Hall–Kier alpha value is -0.870. The summed E-state index contributed by atoms with van der Waals surface area (Å²) < 4.78 is 11.1. The molecule has 0 aromatic rings. The molecule has 1 fully saturated rings. The standard InChI is InChI=1S/C14H23NO3/c1-4-10(5-2)18-12-8-9(14(16)17-6-3)7-11-13(12)15-11/h8,10-13,15H,4-7H2,1-3H3/t11-,12-,13-/m0/s1. The van der Waals surface area contributed by atoms with Gasteiger partial charge in [0.1, 0.15) is 0 Å². The molecular formula is C14H23NO3. The minimum Gasteiger partial charge on any atom is -0.463 e. The average Bonchev–Trinajstić information content (AvgIpc) is 3.15. The first-order valence-corrected chi connectivity index (χ1v) is 6.98. The van der Waals surface area contributed by atoms with E-state index in [1.165, 1.54) is 0 Å². The molecule has 0 radical (unpaired) electrons. The van der Waals surface area contributed by atoms with Crippen LogP contribution in [0.4, 0.5) is 0 Å². The molecule has 0 aromatic heterocycles. The van der Waals surface area contributed by atoms with E-state index in [1.54, 1.807) is 0 Å². The van der Waals surface area contributed by atoms with Crippen molar-refractivity contribution in [1.29, 1.82) is 0 Å². The van der Waals surface area contributed by atoms with Crippen LogP contribution in [0.3, 0.4) is 0 Å². The number of carbonyl (C=O) groups is 1. The summed E-state index contributed by atoms with van der Waals surface area (Å²) in [6.07, 6.45) is 5.04. The fourth-order valence-corrected chi connectivity index (χ4v) is 2.51. The number of ether oxygens (including phenoxy) is 2. The summed E-state index contributed by atoms with van der Waals surface area (Å²) in [6.45, 7) is 6.52. The monoisotopic (exact) mass is 253 g/mol. The van der Waals surface area contributed by atoms with Gasteiger partial charge in [0.05, 0.1) is 24.9 Å². The Morgan fingerprint density at radius 3 is 2.78 bits per heavy atom. The molecule has 2 aliphatic rings. The van der Waals surface area contributed by atoms with E-state index < -0.39 is 0 Å². The van der Waals surface area contributed by atoms with Gasteiger partial charge in [-0.05, 0) is 32.3 Å². The van der Waals surface area contributed by atoms with Crippen molar-refractivity contribution >= 4 is 5.97 Å². The predicted octanol–water partition coefficient (Wildman–Crippen LogP) is 1.79. The Balaban J connectivity index is 2.00. The molecule has 1 N–H and O–H groups in total. The van der Waals surface area contributed by atoms with Crippen molar-refractivity contribution in [2.24, 2.45) is 0 Å². The maximum Gasteiger partial charge on any atom is 0.333 e. The van der Waals surface area contributed by atoms with Crippen LogP contribution in [0.5, 0.6) is 0 Å². The topological polar surface area (TPSA) is 57.5 Å². The summed E-state index contributed by atoms with van der Waals surface area (Å²) in [7, 11) is 0. The molecule has 0 spiro atoms. The zero-order valence-corrected chi connectivity index (χ0v) is 11.4. The highest BCUT2D eigenvalue weighted by Gasteiger charge is 2.47. The second-order valence-electron chi connectivity index (χ2n) is 4.95. The zero-order chi connectivity index (χ0) is 13.1. The summed E-state index contributed by atoms with van der Waals surface area (Å²) in [4.78, 5) is 11.8. The Kier molecular flexibility index (Phi) is 4.40. The maximum atomic E-state index is 11.8. The van der Waals surface area contributed by atoms with Crippen molar-refractivity contribution in [2.75, 3.05) is 6.61 Å². The van der Waals surface area contributed by atoms with Crippen LogP contribution in [0.15, 0.2) is 11.6 Å². The van der Waals surface area contributed by atoms with E-state index in [4.69, 9.17) is 9.47 Å². The number of nitrogens with one attached hydrogen (secondary N) is 1. The van der Waals surface area contributed by atoms with Gasteiger partial charge in [-0.25, -0.2) is 4.79 Å². The Labute approximate surface area is 109 Å². The fourth-order valence-electron chi connectivity index (χ4n) is 2.51. The quantitative estimate of drug-likeness (QED) is 0.579. The minimum absolute atomic E-state index is 0.0213. The fraction of sp³-hybridized carbons (Fsp3) is 0.786. The second-order valence-corrected chi connectivity index (χ2v) is 4.95. The van der Waals surface area contributed by atoms with Gasteiger partial charge in [0.25, 0.3) is 0 Å². The number of hydrogen-bond acceptors (Lipinski definition) is 4. The summed E-state index contributed by atoms with van der Waals surface area (Å²) >= 11 is 0. The number of rotatable bonds is 6. The van der Waals surface area contributed by atoms with Crippen molar-refractivity contribution in [3.8, 4) is 0 Å². The number of fused-ring (bicyclic) bond motifs is 1. The third kappa shape index (κ3) is 2.93. The molecular weight excluding hydrogens is 230 g/mol. The molecule has 1 saturated heterocycles. The van der Waals surface area contributed by atoms with Crippen molar-refractivity contribution in [3.05, 3.63) is 11.6 Å². The van der Waals surface area contributed by atoms with Gasteiger partial charge in [0.2, 0.25) is 0 Å². The van der Waals surface area contributed by atoms with Crippen LogP contribution in [0.25, 0.3) is 0 Å². The zero-order valence-electron chi connectivity index (χ0n) is 11.4. The van der Waals surface area contributed by atoms with Crippen molar-refractivity contribution < 1.29 is 14.3 Å². The molecule has 0 amide bonds. The molecule has 2 rings (SSSR count). The minimum atomic E-state index is -0.192. The summed E-state index contributed by atoms with van der Waals surface area (Å²) in [6, 6.07) is 0.789. The summed E-state index contributed by atoms with van der Waals surface area (Å²) in [5, 5.41) is 3.38. The highest BCUT2D eigenvalue weighted by molar-refractivity contribution is 5.89. The van der Waals surface area contributed by atoms with E-state index in [-0.39, 0.29) is 18.2 Å². The largest absolute Gasteiger partial charge is 0.463 e. The van der Waals surface area contributed by atoms with Gasteiger partial charge in [-0.2, -0.15) is 0 Å². The van der Waals surface area contributed by atoms with E-state index in [0.717, 1.165) is 24.8 Å². The van der Waals surface area contributed by atoms with E-state index in [1.807, 2.05) is 13.0 Å². The molecule has 3 atom stereocenters. The lowest BCUT2D eigenvalue weighted by atomic mass is 9.97. The molecule has 0 bridgehead atoms. The van der Waals surface area contributed by atoms with Gasteiger partial charge in [0, 0.05) is 11.6 Å². The maximum absolute atomic E-state index is 11.8. The van der Waals surface area contributed by atoms with Crippen LogP contribution < -0.4 is 5.32 Å². The lowest BCUT2D eigenvalue weighted by Crippen LogP contribution is -2.30. The first-order valence-electron chi connectivity index (χ1n) is 6.98. The van der Waals surface area contributed by atoms with Gasteiger partial charge < -0.3 is 14.8 Å². The average molecular weight is 253 g/mol.